The minimum Gasteiger partial charge on any atom is -0.492 e. The molecule has 1 amide bonds. The van der Waals surface area contributed by atoms with E-state index in [1.165, 1.54) is 0 Å². The van der Waals surface area contributed by atoms with Gasteiger partial charge in [-0.1, -0.05) is 78.9 Å². The first-order chi connectivity index (χ1) is 21.1. The van der Waals surface area contributed by atoms with Gasteiger partial charge in [-0.05, 0) is 36.5 Å². The number of hydrogen-bond acceptors (Lipinski definition) is 6. The van der Waals surface area contributed by atoms with E-state index in [1.54, 1.807) is 11.1 Å². The fraction of sp³-hybridized carbons (Fsp3) is 0.200. The van der Waals surface area contributed by atoms with Crippen LogP contribution >= 0.6 is 0 Å². The molecular weight excluding hydrogens is 538 g/mol. The summed E-state index contributed by atoms with van der Waals surface area (Å²) in [6.07, 6.45) is 5.60. The van der Waals surface area contributed by atoms with Crippen molar-refractivity contribution in [3.63, 3.8) is 0 Å². The summed E-state index contributed by atoms with van der Waals surface area (Å²) in [5.41, 5.74) is 5.92. The Morgan fingerprint density at radius 3 is 2.42 bits per heavy atom. The van der Waals surface area contributed by atoms with Gasteiger partial charge in [0.25, 0.3) is 0 Å². The molecule has 1 saturated heterocycles. The van der Waals surface area contributed by atoms with E-state index in [2.05, 4.69) is 23.2 Å². The molecule has 4 heterocycles. The van der Waals surface area contributed by atoms with Crippen molar-refractivity contribution in [2.24, 2.45) is 5.92 Å². The molecule has 3 aromatic heterocycles. The van der Waals surface area contributed by atoms with Gasteiger partial charge in [-0.2, -0.15) is 0 Å². The smallest absolute Gasteiger partial charge is 0.410 e. The average molecular weight is 570 g/mol. The lowest BCUT2D eigenvalue weighted by Crippen LogP contribution is -2.39. The number of aromatic nitrogens is 4. The first kappa shape index (κ1) is 26.6. The molecule has 1 N–H and O–H groups in total. The topological polar surface area (TPSA) is 92.8 Å². The zero-order chi connectivity index (χ0) is 29.2. The summed E-state index contributed by atoms with van der Waals surface area (Å²) in [5.74, 6) is 1.15. The molecule has 0 saturated carbocycles. The molecule has 0 radical (unpaired) electrons. The number of imidazole rings is 1. The zero-order valence-electron chi connectivity index (χ0n) is 23.6. The van der Waals surface area contributed by atoms with Gasteiger partial charge in [0.1, 0.15) is 23.6 Å². The van der Waals surface area contributed by atoms with Crippen LogP contribution in [0.25, 0.3) is 38.9 Å². The number of nitrogens with zero attached hydrogens (tertiary/aromatic N) is 5. The second kappa shape index (κ2) is 11.6. The molecule has 1 fully saturated rings. The average Bonchev–Trinajstić information content (AvgIpc) is 3.43. The fourth-order valence-corrected chi connectivity index (χ4v) is 5.85. The molecule has 0 bridgehead atoms. The number of aromatic hydroxyl groups is 1. The number of ether oxygens (including phenoxy) is 1. The van der Waals surface area contributed by atoms with Gasteiger partial charge >= 0.3 is 6.09 Å². The Balaban J connectivity index is 1.10. The van der Waals surface area contributed by atoms with Gasteiger partial charge in [-0.15, -0.1) is 0 Å². The van der Waals surface area contributed by atoms with Crippen LogP contribution < -0.4 is 0 Å². The highest BCUT2D eigenvalue weighted by Crippen LogP contribution is 2.33. The lowest BCUT2D eigenvalue weighted by molar-refractivity contribution is 0.0821. The second-order valence-corrected chi connectivity index (χ2v) is 11.0. The van der Waals surface area contributed by atoms with Gasteiger partial charge in [0.05, 0.1) is 11.2 Å². The van der Waals surface area contributed by atoms with Gasteiger partial charge in [0.15, 0.2) is 0 Å². The van der Waals surface area contributed by atoms with E-state index in [9.17, 15) is 9.90 Å². The second-order valence-electron chi connectivity index (χ2n) is 11.0. The van der Waals surface area contributed by atoms with Crippen molar-refractivity contribution in [2.75, 3.05) is 13.1 Å². The maximum atomic E-state index is 12.7. The number of carbonyl (C=O) groups is 1. The van der Waals surface area contributed by atoms with Crippen molar-refractivity contribution < 1.29 is 14.6 Å². The number of likely N-dealkylation sites (tertiary alicyclic amines) is 1. The summed E-state index contributed by atoms with van der Waals surface area (Å²) >= 11 is 0. The maximum Gasteiger partial charge on any atom is 0.410 e. The molecule has 214 valence electrons. The Kier molecular flexibility index (Phi) is 7.17. The highest BCUT2D eigenvalue weighted by Gasteiger charge is 2.26. The van der Waals surface area contributed by atoms with Gasteiger partial charge in [0.2, 0.25) is 5.88 Å². The van der Waals surface area contributed by atoms with E-state index in [0.29, 0.717) is 30.2 Å². The Bertz CT molecular complexity index is 1900. The molecule has 0 aliphatic carbocycles. The Morgan fingerprint density at radius 1 is 0.884 bits per heavy atom. The maximum absolute atomic E-state index is 12.7. The number of piperidine rings is 1. The first-order valence-corrected chi connectivity index (χ1v) is 14.6. The summed E-state index contributed by atoms with van der Waals surface area (Å²) < 4.78 is 7.48. The molecular formula is C35H31N5O3. The molecule has 1 aliphatic rings. The van der Waals surface area contributed by atoms with E-state index in [1.807, 2.05) is 83.4 Å². The molecule has 7 rings (SSSR count). The molecule has 8 nitrogen and oxygen atoms in total. The molecule has 0 unspecified atom stereocenters. The highest BCUT2D eigenvalue weighted by molar-refractivity contribution is 5.89. The van der Waals surface area contributed by atoms with Crippen LogP contribution in [0.15, 0.2) is 103 Å². The van der Waals surface area contributed by atoms with E-state index in [0.717, 1.165) is 58.4 Å². The van der Waals surface area contributed by atoms with Crippen molar-refractivity contribution in [3.8, 4) is 28.4 Å². The van der Waals surface area contributed by atoms with Crippen molar-refractivity contribution in [2.45, 2.75) is 25.9 Å². The summed E-state index contributed by atoms with van der Waals surface area (Å²) in [4.78, 5) is 28.6. The van der Waals surface area contributed by atoms with Crippen LogP contribution in [0, 0.1) is 5.92 Å². The van der Waals surface area contributed by atoms with Crippen LogP contribution in [-0.2, 0) is 17.8 Å². The number of hydrogen-bond donors (Lipinski definition) is 1. The first-order valence-electron chi connectivity index (χ1n) is 14.6. The van der Waals surface area contributed by atoms with Gasteiger partial charge in [-0.3, -0.25) is 4.40 Å². The molecule has 8 heteroatoms. The van der Waals surface area contributed by atoms with E-state index in [-0.39, 0.29) is 18.6 Å². The molecule has 0 atom stereocenters. The van der Waals surface area contributed by atoms with Gasteiger partial charge in [0, 0.05) is 48.4 Å². The zero-order valence-corrected chi connectivity index (χ0v) is 23.6. The molecule has 43 heavy (non-hydrogen) atoms. The molecule has 0 spiro atoms. The minimum atomic E-state index is -0.271. The highest BCUT2D eigenvalue weighted by atomic mass is 16.6. The number of pyridine rings is 1. The molecule has 1 aliphatic heterocycles. The third kappa shape index (κ3) is 5.51. The predicted molar refractivity (Wildman–Crippen MR) is 165 cm³/mol. The summed E-state index contributed by atoms with van der Waals surface area (Å²) in [6, 6.07) is 30.0. The SMILES string of the molecule is O=C(OCc1ccccc1)N1CCC(Cc2nc(-c3ccc4ccc(-c5ccccc5)nc4c3)c3c(O)nccn23)CC1. The fourth-order valence-electron chi connectivity index (χ4n) is 5.85. The lowest BCUT2D eigenvalue weighted by Gasteiger charge is -2.31. The van der Waals surface area contributed by atoms with Gasteiger partial charge in [-0.25, -0.2) is 19.7 Å². The number of fused-ring (bicyclic) bond motifs is 2. The third-order valence-corrected chi connectivity index (χ3v) is 8.19. The van der Waals surface area contributed by atoms with Crippen LogP contribution in [0.4, 0.5) is 4.79 Å². The quantitative estimate of drug-likeness (QED) is 0.234. The third-order valence-electron chi connectivity index (χ3n) is 8.19. The van der Waals surface area contributed by atoms with Crippen LogP contribution in [0.3, 0.4) is 0 Å². The summed E-state index contributed by atoms with van der Waals surface area (Å²) in [7, 11) is 0. The monoisotopic (exact) mass is 569 g/mol. The van der Waals surface area contributed by atoms with Crippen molar-refractivity contribution in [3.05, 3.63) is 115 Å². The van der Waals surface area contributed by atoms with Crippen molar-refractivity contribution in [1.82, 2.24) is 24.3 Å². The van der Waals surface area contributed by atoms with Crippen molar-refractivity contribution in [1.29, 1.82) is 0 Å². The van der Waals surface area contributed by atoms with Gasteiger partial charge < -0.3 is 14.7 Å². The minimum absolute atomic E-state index is 0.0571. The summed E-state index contributed by atoms with van der Waals surface area (Å²) in [5, 5.41) is 11.9. The van der Waals surface area contributed by atoms with Crippen LogP contribution in [0.2, 0.25) is 0 Å². The normalized spacial score (nSPS) is 13.9. The molecule has 3 aromatic carbocycles. The predicted octanol–water partition coefficient (Wildman–Crippen LogP) is 6.91. The van der Waals surface area contributed by atoms with E-state index >= 15 is 0 Å². The number of benzene rings is 3. The number of carbonyl (C=O) groups excluding carboxylic acids is 1. The lowest BCUT2D eigenvalue weighted by atomic mass is 9.93. The Labute approximate surface area is 249 Å². The van der Waals surface area contributed by atoms with Crippen LogP contribution in [0.1, 0.15) is 24.2 Å². The Hall–Kier alpha value is -5.24. The summed E-state index contributed by atoms with van der Waals surface area (Å²) in [6.45, 7) is 1.56. The van der Waals surface area contributed by atoms with Crippen molar-refractivity contribution >= 4 is 22.5 Å². The van der Waals surface area contributed by atoms with E-state index < -0.39 is 0 Å². The number of amides is 1. The number of rotatable bonds is 6. The Morgan fingerprint density at radius 2 is 1.63 bits per heavy atom. The standard InChI is InChI=1S/C35H31N5O3/c41-34-33-32(28-12-11-27-13-14-29(37-30(27)22-28)26-9-5-2-6-10-26)38-31(40(33)20-17-36-34)21-24-15-18-39(19-16-24)35(42)43-23-25-7-3-1-4-8-25/h1-14,17,20,22,24H,15-16,18-19,21,23H2,(H,36,41). The van der Waals surface area contributed by atoms with Crippen LogP contribution in [-0.4, -0.2) is 48.5 Å². The van der Waals surface area contributed by atoms with Crippen LogP contribution in [0.5, 0.6) is 5.88 Å². The largest absolute Gasteiger partial charge is 0.492 e. The van der Waals surface area contributed by atoms with E-state index in [4.69, 9.17) is 14.7 Å². The molecule has 6 aromatic rings.